The van der Waals surface area contributed by atoms with Crippen LogP contribution >= 0.6 is 0 Å². The first-order valence-electron chi connectivity index (χ1n) is 9.94. The fourth-order valence-electron chi connectivity index (χ4n) is 4.24. The Kier molecular flexibility index (Phi) is 5.68. The maximum absolute atomic E-state index is 5.53. The van der Waals surface area contributed by atoms with E-state index < -0.39 is 0 Å². The molecule has 1 unspecified atom stereocenters. The molecule has 0 saturated carbocycles. The number of benzene rings is 1. The molecule has 5 nitrogen and oxygen atoms in total. The molecule has 0 aliphatic carbocycles. The summed E-state index contributed by atoms with van der Waals surface area (Å²) in [5.74, 6) is 1.05. The number of hydrogen-bond donors (Lipinski definition) is 0. The van der Waals surface area contributed by atoms with E-state index in [0.717, 1.165) is 31.1 Å². The molecule has 1 atom stereocenters. The van der Waals surface area contributed by atoms with E-state index in [0.29, 0.717) is 6.04 Å². The molecule has 1 aromatic carbocycles. The number of nitrogens with zero attached hydrogens (tertiary/aromatic N) is 4. The van der Waals surface area contributed by atoms with Crippen molar-refractivity contribution in [3.8, 4) is 0 Å². The zero-order valence-corrected chi connectivity index (χ0v) is 15.8. The van der Waals surface area contributed by atoms with Gasteiger partial charge in [-0.2, -0.15) is 0 Å². The average molecular weight is 354 g/mol. The molecule has 1 aromatic heterocycles. The predicted molar refractivity (Wildman–Crippen MR) is 103 cm³/mol. The highest BCUT2D eigenvalue weighted by molar-refractivity contribution is 5.14. The van der Waals surface area contributed by atoms with E-state index in [1.54, 1.807) is 0 Å². The van der Waals surface area contributed by atoms with Gasteiger partial charge in [0.15, 0.2) is 5.76 Å². The fourth-order valence-corrected chi connectivity index (χ4v) is 4.24. The van der Waals surface area contributed by atoms with Gasteiger partial charge in [0.05, 0.1) is 11.7 Å². The highest BCUT2D eigenvalue weighted by Gasteiger charge is 2.29. The lowest BCUT2D eigenvalue weighted by molar-refractivity contribution is 0.108. The molecular formula is C21H30N4O. The molecule has 2 aliphatic rings. The summed E-state index contributed by atoms with van der Waals surface area (Å²) >= 11 is 0. The van der Waals surface area contributed by atoms with Crippen molar-refractivity contribution in [1.82, 2.24) is 19.9 Å². The highest BCUT2D eigenvalue weighted by Crippen LogP contribution is 2.31. The lowest BCUT2D eigenvalue weighted by Gasteiger charge is -2.36. The van der Waals surface area contributed by atoms with Crippen LogP contribution in [0.1, 0.15) is 35.9 Å². The minimum Gasteiger partial charge on any atom is -0.359 e. The third-order valence-corrected chi connectivity index (χ3v) is 5.76. The third kappa shape index (κ3) is 4.34. The van der Waals surface area contributed by atoms with Crippen molar-refractivity contribution < 1.29 is 4.52 Å². The van der Waals surface area contributed by atoms with Gasteiger partial charge < -0.3 is 4.52 Å². The zero-order chi connectivity index (χ0) is 17.8. The molecule has 26 heavy (non-hydrogen) atoms. The van der Waals surface area contributed by atoms with E-state index in [2.05, 4.69) is 56.3 Å². The minimum atomic E-state index is 0.426. The largest absolute Gasteiger partial charge is 0.359 e. The second-order valence-electron chi connectivity index (χ2n) is 7.67. The molecule has 0 N–H and O–H groups in total. The number of piperazine rings is 1. The number of likely N-dealkylation sites (tertiary alicyclic amines) is 1. The second-order valence-corrected chi connectivity index (χ2v) is 7.67. The van der Waals surface area contributed by atoms with Gasteiger partial charge in [-0.1, -0.05) is 35.5 Å². The molecule has 0 bridgehead atoms. The van der Waals surface area contributed by atoms with E-state index >= 15 is 0 Å². The molecule has 2 fully saturated rings. The molecule has 0 amide bonds. The maximum Gasteiger partial charge on any atom is 0.154 e. The molecule has 5 heteroatoms. The average Bonchev–Trinajstić information content (AvgIpc) is 3.30. The zero-order valence-electron chi connectivity index (χ0n) is 15.8. The van der Waals surface area contributed by atoms with Crippen LogP contribution in [0.4, 0.5) is 0 Å². The smallest absolute Gasteiger partial charge is 0.154 e. The van der Waals surface area contributed by atoms with Crippen molar-refractivity contribution in [2.24, 2.45) is 0 Å². The summed E-state index contributed by atoms with van der Waals surface area (Å²) in [4.78, 5) is 7.76. The van der Waals surface area contributed by atoms with Gasteiger partial charge in [-0.3, -0.25) is 14.7 Å². The van der Waals surface area contributed by atoms with Gasteiger partial charge in [0.25, 0.3) is 0 Å². The lowest BCUT2D eigenvalue weighted by Crippen LogP contribution is -2.48. The predicted octanol–water partition coefficient (Wildman–Crippen LogP) is 2.94. The summed E-state index contributed by atoms with van der Waals surface area (Å²) in [6.45, 7) is 11.2. The molecule has 2 aromatic rings. The first-order valence-corrected chi connectivity index (χ1v) is 9.94. The van der Waals surface area contributed by atoms with Crippen molar-refractivity contribution in [2.45, 2.75) is 32.4 Å². The van der Waals surface area contributed by atoms with Gasteiger partial charge in [-0.05, 0) is 31.9 Å². The fraction of sp³-hybridized carbons (Fsp3) is 0.571. The Balaban J connectivity index is 1.22. The quantitative estimate of drug-likeness (QED) is 0.797. The van der Waals surface area contributed by atoms with Crippen LogP contribution in [0.5, 0.6) is 0 Å². The molecule has 0 radical (unpaired) electrons. The summed E-state index contributed by atoms with van der Waals surface area (Å²) in [5, 5.41) is 4.07. The maximum atomic E-state index is 5.53. The van der Waals surface area contributed by atoms with Crippen LogP contribution in [0.2, 0.25) is 0 Å². The Hall–Kier alpha value is -1.69. The van der Waals surface area contributed by atoms with Crippen molar-refractivity contribution in [3.05, 3.63) is 53.4 Å². The third-order valence-electron chi connectivity index (χ3n) is 5.76. The molecule has 140 valence electrons. The number of aryl methyl sites for hydroxylation is 1. The van der Waals surface area contributed by atoms with E-state index in [4.69, 9.17) is 4.52 Å². The van der Waals surface area contributed by atoms with Gasteiger partial charge >= 0.3 is 0 Å². The molecular weight excluding hydrogens is 324 g/mol. The Morgan fingerprint density at radius 1 is 1.00 bits per heavy atom. The summed E-state index contributed by atoms with van der Waals surface area (Å²) < 4.78 is 5.53. The molecule has 4 rings (SSSR count). The SMILES string of the molecule is Cc1cc(C2CCCN2CCN2CCN(Cc3ccccc3)CC2)on1. The van der Waals surface area contributed by atoms with Gasteiger partial charge in [0.1, 0.15) is 0 Å². The highest BCUT2D eigenvalue weighted by atomic mass is 16.5. The van der Waals surface area contributed by atoms with Crippen LogP contribution < -0.4 is 0 Å². The summed E-state index contributed by atoms with van der Waals surface area (Å²) in [5.41, 5.74) is 2.41. The van der Waals surface area contributed by atoms with Crippen LogP contribution in [-0.2, 0) is 6.54 Å². The first kappa shape index (κ1) is 17.7. The van der Waals surface area contributed by atoms with Crippen LogP contribution in [0.25, 0.3) is 0 Å². The monoisotopic (exact) mass is 354 g/mol. The Labute approximate surface area is 156 Å². The van der Waals surface area contributed by atoms with E-state index in [9.17, 15) is 0 Å². The van der Waals surface area contributed by atoms with E-state index in [-0.39, 0.29) is 0 Å². The van der Waals surface area contributed by atoms with Crippen molar-refractivity contribution >= 4 is 0 Å². The molecule has 2 aliphatic heterocycles. The van der Waals surface area contributed by atoms with E-state index in [1.165, 1.54) is 51.1 Å². The van der Waals surface area contributed by atoms with Crippen LogP contribution in [-0.4, -0.2) is 65.7 Å². The summed E-state index contributed by atoms with van der Waals surface area (Å²) in [7, 11) is 0. The normalized spacial score (nSPS) is 22.9. The first-order chi connectivity index (χ1) is 12.8. The van der Waals surface area contributed by atoms with Gasteiger partial charge in [0.2, 0.25) is 0 Å². The van der Waals surface area contributed by atoms with Crippen molar-refractivity contribution in [3.63, 3.8) is 0 Å². The Morgan fingerprint density at radius 2 is 1.77 bits per heavy atom. The second kappa shape index (κ2) is 8.33. The van der Waals surface area contributed by atoms with E-state index in [1.807, 2.05) is 6.92 Å². The molecule has 2 saturated heterocycles. The molecule has 0 spiro atoms. The summed E-state index contributed by atoms with van der Waals surface area (Å²) in [6.07, 6.45) is 2.45. The summed E-state index contributed by atoms with van der Waals surface area (Å²) in [6, 6.07) is 13.3. The standard InChI is InChI=1S/C21H30N4O/c1-18-16-21(26-22-18)20-8-5-9-25(20)15-14-23-10-12-24(13-11-23)17-19-6-3-2-4-7-19/h2-4,6-7,16,20H,5,8-15,17H2,1H3. The minimum absolute atomic E-state index is 0.426. The van der Waals surface area contributed by atoms with Crippen LogP contribution in [0.15, 0.2) is 40.9 Å². The topological polar surface area (TPSA) is 35.8 Å². The Morgan fingerprint density at radius 3 is 2.50 bits per heavy atom. The Bertz CT molecular complexity index is 678. The lowest BCUT2D eigenvalue weighted by atomic mass is 10.1. The van der Waals surface area contributed by atoms with Crippen molar-refractivity contribution in [2.75, 3.05) is 45.8 Å². The number of hydrogen-bond acceptors (Lipinski definition) is 5. The van der Waals surface area contributed by atoms with Gasteiger partial charge in [-0.25, -0.2) is 0 Å². The number of rotatable bonds is 6. The van der Waals surface area contributed by atoms with Crippen LogP contribution in [0, 0.1) is 6.92 Å². The molecule has 3 heterocycles. The van der Waals surface area contributed by atoms with Crippen molar-refractivity contribution in [1.29, 1.82) is 0 Å². The van der Waals surface area contributed by atoms with Crippen LogP contribution in [0.3, 0.4) is 0 Å². The van der Waals surface area contributed by atoms with Gasteiger partial charge in [0, 0.05) is 51.9 Å². The number of aromatic nitrogens is 1. The van der Waals surface area contributed by atoms with Gasteiger partial charge in [-0.15, -0.1) is 0 Å².